The maximum atomic E-state index is 11.1. The lowest BCUT2D eigenvalue weighted by Crippen LogP contribution is -2.19. The molecule has 1 aliphatic rings. The number of hydrogen-bond donors (Lipinski definition) is 0. The maximum Gasteiger partial charge on any atom is 0.170 e. The van der Waals surface area contributed by atoms with Gasteiger partial charge in [-0.1, -0.05) is 0 Å². The van der Waals surface area contributed by atoms with Crippen LogP contribution >= 0.6 is 22.6 Å². The van der Waals surface area contributed by atoms with Gasteiger partial charge < -0.3 is 4.74 Å². The molecule has 0 amide bonds. The van der Waals surface area contributed by atoms with E-state index < -0.39 is 0 Å². The molecule has 0 N–H and O–H groups in total. The van der Waals surface area contributed by atoms with E-state index in [1.165, 1.54) is 0 Å². The summed E-state index contributed by atoms with van der Waals surface area (Å²) in [5.41, 5.74) is 1.47. The van der Waals surface area contributed by atoms with Gasteiger partial charge in [-0.15, -0.1) is 0 Å². The topological polar surface area (TPSA) is 44.1 Å². The number of carbonyl (C=O) groups is 1. The highest BCUT2D eigenvalue weighted by Crippen LogP contribution is 2.28. The molecule has 1 fully saturated rings. The van der Waals surface area contributed by atoms with Gasteiger partial charge in [-0.2, -0.15) is 5.10 Å². The fraction of sp³-hybridized carbons (Fsp3) is 0.385. The van der Waals surface area contributed by atoms with Crippen molar-refractivity contribution in [2.24, 2.45) is 0 Å². The van der Waals surface area contributed by atoms with Crippen molar-refractivity contribution in [2.45, 2.75) is 25.5 Å². The maximum absolute atomic E-state index is 11.1. The summed E-state index contributed by atoms with van der Waals surface area (Å²) in [7, 11) is 0. The summed E-state index contributed by atoms with van der Waals surface area (Å²) in [6, 6.07) is 6.03. The first-order valence-corrected chi connectivity index (χ1v) is 7.12. The molecular formula is C13H13IN2O2. The second kappa shape index (κ2) is 4.97. The van der Waals surface area contributed by atoms with Crippen molar-refractivity contribution in [3.63, 3.8) is 0 Å². The highest BCUT2D eigenvalue weighted by molar-refractivity contribution is 14.1. The molecule has 1 atom stereocenters. The first kappa shape index (κ1) is 12.1. The van der Waals surface area contributed by atoms with Gasteiger partial charge >= 0.3 is 0 Å². The molecular weight excluding hydrogens is 343 g/mol. The normalized spacial score (nSPS) is 20.2. The first-order chi connectivity index (χ1) is 8.79. The Morgan fingerprint density at radius 2 is 2.33 bits per heavy atom. The zero-order valence-corrected chi connectivity index (χ0v) is 12.0. The predicted octanol–water partition coefficient (Wildman–Crippen LogP) is 3.15. The van der Waals surface area contributed by atoms with E-state index in [0.717, 1.165) is 46.6 Å². The van der Waals surface area contributed by atoms with Gasteiger partial charge in [-0.3, -0.25) is 4.79 Å². The van der Waals surface area contributed by atoms with Crippen LogP contribution in [0.4, 0.5) is 0 Å². The van der Waals surface area contributed by atoms with Crippen molar-refractivity contribution < 1.29 is 9.53 Å². The van der Waals surface area contributed by atoms with Crippen LogP contribution in [0.25, 0.3) is 10.9 Å². The molecule has 2 aromatic rings. The predicted molar refractivity (Wildman–Crippen MR) is 76.7 cm³/mol. The molecule has 1 saturated heterocycles. The number of rotatable bonds is 2. The lowest BCUT2D eigenvalue weighted by atomic mass is 10.2. The Morgan fingerprint density at radius 3 is 3.06 bits per heavy atom. The Balaban J connectivity index is 2.13. The van der Waals surface area contributed by atoms with Crippen LogP contribution in [-0.2, 0) is 4.74 Å². The van der Waals surface area contributed by atoms with Crippen LogP contribution in [0, 0.1) is 3.57 Å². The van der Waals surface area contributed by atoms with Crippen LogP contribution in [0.1, 0.15) is 36.0 Å². The zero-order chi connectivity index (χ0) is 12.5. The van der Waals surface area contributed by atoms with Gasteiger partial charge in [0, 0.05) is 15.6 Å². The van der Waals surface area contributed by atoms with E-state index in [9.17, 15) is 4.79 Å². The summed E-state index contributed by atoms with van der Waals surface area (Å²) < 4.78 is 8.70. The van der Waals surface area contributed by atoms with Crippen molar-refractivity contribution in [3.05, 3.63) is 27.5 Å². The summed E-state index contributed by atoms with van der Waals surface area (Å²) in [4.78, 5) is 11.1. The largest absolute Gasteiger partial charge is 0.356 e. The summed E-state index contributed by atoms with van der Waals surface area (Å²) >= 11 is 2.24. The van der Waals surface area contributed by atoms with Crippen LogP contribution in [0.15, 0.2) is 18.2 Å². The Hall–Kier alpha value is -0.950. The molecule has 4 nitrogen and oxygen atoms in total. The summed E-state index contributed by atoms with van der Waals surface area (Å²) in [5.74, 6) is 0. The van der Waals surface area contributed by atoms with Crippen molar-refractivity contribution >= 4 is 39.8 Å². The van der Waals surface area contributed by atoms with E-state index >= 15 is 0 Å². The lowest BCUT2D eigenvalue weighted by molar-refractivity contribution is -0.0367. The van der Waals surface area contributed by atoms with E-state index in [2.05, 4.69) is 27.7 Å². The Labute approximate surface area is 118 Å². The van der Waals surface area contributed by atoms with Gasteiger partial charge in [0.15, 0.2) is 12.5 Å². The average molecular weight is 356 g/mol. The zero-order valence-electron chi connectivity index (χ0n) is 9.80. The number of aromatic nitrogens is 2. The number of ether oxygens (including phenoxy) is 1. The number of aldehydes is 1. The number of fused-ring (bicyclic) bond motifs is 1. The third-order valence-corrected chi connectivity index (χ3v) is 3.91. The van der Waals surface area contributed by atoms with Crippen LogP contribution in [0.3, 0.4) is 0 Å². The average Bonchev–Trinajstić information content (AvgIpc) is 2.77. The standard InChI is InChI=1S/C13H13IN2O2/c14-9-4-5-12-10(7-9)11(8-17)15-16(12)13-3-1-2-6-18-13/h4-5,7-8,13H,1-3,6H2/t13-/m0/s1. The molecule has 0 spiro atoms. The third kappa shape index (κ3) is 2.05. The van der Waals surface area contributed by atoms with Crippen LogP contribution < -0.4 is 0 Å². The molecule has 0 saturated carbocycles. The number of nitrogens with zero attached hydrogens (tertiary/aromatic N) is 2. The van der Waals surface area contributed by atoms with Crippen molar-refractivity contribution in [1.82, 2.24) is 9.78 Å². The van der Waals surface area contributed by atoms with Crippen molar-refractivity contribution in [2.75, 3.05) is 6.61 Å². The summed E-state index contributed by atoms with van der Waals surface area (Å²) in [6.45, 7) is 0.771. The second-order valence-electron chi connectivity index (χ2n) is 4.43. The highest BCUT2D eigenvalue weighted by Gasteiger charge is 2.20. The van der Waals surface area contributed by atoms with Crippen molar-refractivity contribution in [1.29, 1.82) is 0 Å². The van der Waals surface area contributed by atoms with Crippen molar-refractivity contribution in [3.8, 4) is 0 Å². The number of halogens is 1. The van der Waals surface area contributed by atoms with Crippen LogP contribution in [0.5, 0.6) is 0 Å². The number of hydrogen-bond acceptors (Lipinski definition) is 3. The smallest absolute Gasteiger partial charge is 0.170 e. The molecule has 1 aliphatic heterocycles. The molecule has 5 heteroatoms. The lowest BCUT2D eigenvalue weighted by Gasteiger charge is -2.23. The molecule has 1 aromatic heterocycles. The molecule has 0 aliphatic carbocycles. The molecule has 18 heavy (non-hydrogen) atoms. The molecule has 94 valence electrons. The van der Waals surface area contributed by atoms with E-state index in [4.69, 9.17) is 4.74 Å². The molecule has 1 aromatic carbocycles. The second-order valence-corrected chi connectivity index (χ2v) is 5.68. The minimum atomic E-state index is -0.0324. The Bertz CT molecular complexity index is 588. The van der Waals surface area contributed by atoms with Gasteiger partial charge in [0.25, 0.3) is 0 Å². The highest BCUT2D eigenvalue weighted by atomic mass is 127. The van der Waals surface area contributed by atoms with E-state index in [0.29, 0.717) is 5.69 Å². The fourth-order valence-electron chi connectivity index (χ4n) is 2.36. The van der Waals surface area contributed by atoms with Gasteiger partial charge in [0.2, 0.25) is 0 Å². The minimum absolute atomic E-state index is 0.0324. The number of benzene rings is 1. The third-order valence-electron chi connectivity index (χ3n) is 3.24. The van der Waals surface area contributed by atoms with Gasteiger partial charge in [-0.25, -0.2) is 4.68 Å². The summed E-state index contributed by atoms with van der Waals surface area (Å²) in [5, 5.41) is 5.30. The number of carbonyl (C=O) groups excluding carboxylic acids is 1. The van der Waals surface area contributed by atoms with Crippen LogP contribution in [0.2, 0.25) is 0 Å². The van der Waals surface area contributed by atoms with E-state index in [-0.39, 0.29) is 6.23 Å². The molecule has 3 rings (SSSR count). The molecule has 2 heterocycles. The van der Waals surface area contributed by atoms with Gasteiger partial charge in [-0.05, 0) is 60.1 Å². The monoisotopic (exact) mass is 356 g/mol. The quantitative estimate of drug-likeness (QED) is 0.613. The Kier molecular flexibility index (Phi) is 3.34. The molecule has 0 radical (unpaired) electrons. The molecule has 0 bridgehead atoms. The SMILES string of the molecule is O=Cc1nn([C@@H]2CCCCO2)c2ccc(I)cc12. The summed E-state index contributed by atoms with van der Waals surface area (Å²) in [6.07, 6.45) is 4.00. The minimum Gasteiger partial charge on any atom is -0.356 e. The first-order valence-electron chi connectivity index (χ1n) is 6.04. The van der Waals surface area contributed by atoms with Gasteiger partial charge in [0.05, 0.1) is 5.52 Å². The Morgan fingerprint density at radius 1 is 1.44 bits per heavy atom. The van der Waals surface area contributed by atoms with Gasteiger partial charge in [0.1, 0.15) is 5.69 Å². The van der Waals surface area contributed by atoms with E-state index in [1.54, 1.807) is 0 Å². The fourth-order valence-corrected chi connectivity index (χ4v) is 2.85. The molecule has 0 unspecified atom stereocenters. The van der Waals surface area contributed by atoms with Crippen LogP contribution in [-0.4, -0.2) is 22.7 Å². The van der Waals surface area contributed by atoms with E-state index in [1.807, 2.05) is 22.9 Å².